The molecule has 0 atom stereocenters. The molecule has 0 bridgehead atoms. The highest BCUT2D eigenvalue weighted by atomic mass is 32.1. The van der Waals surface area contributed by atoms with Crippen LogP contribution < -0.4 is 0 Å². The minimum absolute atomic E-state index is 0.799. The fourth-order valence-corrected chi connectivity index (χ4v) is 3.38. The Morgan fingerprint density at radius 2 is 1.50 bits per heavy atom. The molecule has 0 N–H and O–H groups in total. The second kappa shape index (κ2) is 11.6. The summed E-state index contributed by atoms with van der Waals surface area (Å²) >= 11 is 4.19. The highest BCUT2D eigenvalue weighted by molar-refractivity contribution is 7.80. The zero-order valence-electron chi connectivity index (χ0n) is 9.50. The summed E-state index contributed by atoms with van der Waals surface area (Å²) in [6.07, 6.45) is 5.08. The van der Waals surface area contributed by atoms with Crippen LogP contribution >= 0.6 is 12.6 Å². The summed E-state index contributed by atoms with van der Waals surface area (Å²) in [5, 5.41) is 0. The predicted octanol–water partition coefficient (Wildman–Crippen LogP) is 2.77. The lowest BCUT2D eigenvalue weighted by Crippen LogP contribution is -2.22. The first kappa shape index (κ1) is 14.5. The van der Waals surface area contributed by atoms with E-state index in [-0.39, 0.29) is 0 Å². The lowest BCUT2D eigenvalue weighted by Gasteiger charge is -2.14. The van der Waals surface area contributed by atoms with E-state index < -0.39 is 9.28 Å². The molecule has 0 saturated carbocycles. The largest absolute Gasteiger partial charge is 0.397 e. The lowest BCUT2D eigenvalue weighted by atomic mass is 10.2. The molecule has 0 aromatic carbocycles. The molecule has 0 aliphatic carbocycles. The van der Waals surface area contributed by atoms with Crippen LogP contribution in [-0.2, 0) is 8.85 Å². The van der Waals surface area contributed by atoms with Crippen molar-refractivity contribution in [2.45, 2.75) is 45.6 Å². The Kier molecular flexibility index (Phi) is 12.0. The number of hydrogen-bond acceptors (Lipinski definition) is 3. The number of thiol groups is 1. The quantitative estimate of drug-likeness (QED) is 0.357. The fourth-order valence-electron chi connectivity index (χ4n) is 1.36. The highest BCUT2D eigenvalue weighted by Gasteiger charge is 2.10. The van der Waals surface area contributed by atoms with Gasteiger partial charge in [-0.2, -0.15) is 12.6 Å². The Bertz CT molecular complexity index is 108. The Labute approximate surface area is 95.6 Å². The van der Waals surface area contributed by atoms with Crippen molar-refractivity contribution in [2.24, 2.45) is 0 Å². The van der Waals surface area contributed by atoms with E-state index in [0.29, 0.717) is 0 Å². The second-order valence-electron chi connectivity index (χ2n) is 3.27. The SMILES string of the molecule is CCO[SiH](CCCCCCS)OCC. The van der Waals surface area contributed by atoms with Gasteiger partial charge in [-0.1, -0.05) is 19.3 Å². The summed E-state index contributed by atoms with van der Waals surface area (Å²) in [6, 6.07) is 1.16. The van der Waals surface area contributed by atoms with E-state index >= 15 is 0 Å². The molecule has 4 heteroatoms. The maximum absolute atomic E-state index is 5.59. The zero-order chi connectivity index (χ0) is 10.6. The van der Waals surface area contributed by atoms with E-state index in [1.54, 1.807) is 0 Å². The maximum Gasteiger partial charge on any atom is 0.321 e. The molecule has 0 unspecified atom stereocenters. The van der Waals surface area contributed by atoms with Gasteiger partial charge in [-0.05, 0) is 32.1 Å². The second-order valence-corrected chi connectivity index (χ2v) is 5.82. The van der Waals surface area contributed by atoms with Crippen molar-refractivity contribution in [3.63, 3.8) is 0 Å². The minimum Gasteiger partial charge on any atom is -0.397 e. The monoisotopic (exact) mass is 236 g/mol. The van der Waals surface area contributed by atoms with Crippen LogP contribution in [-0.4, -0.2) is 28.3 Å². The van der Waals surface area contributed by atoms with Crippen molar-refractivity contribution in [1.82, 2.24) is 0 Å². The first-order chi connectivity index (χ1) is 6.85. The third kappa shape index (κ3) is 9.06. The Balaban J connectivity index is 3.30. The first-order valence-electron chi connectivity index (χ1n) is 5.69. The summed E-state index contributed by atoms with van der Waals surface area (Å²) in [6.45, 7) is 5.68. The van der Waals surface area contributed by atoms with Gasteiger partial charge in [-0.3, -0.25) is 0 Å². The molecule has 0 heterocycles. The standard InChI is InChI=1S/C10H24O2SSi/c1-3-11-14(12-4-2)10-8-6-5-7-9-13/h13-14H,3-10H2,1-2H3. The summed E-state index contributed by atoms with van der Waals surface area (Å²) in [7, 11) is -1.30. The normalized spacial score (nSPS) is 11.1. The third-order valence-electron chi connectivity index (χ3n) is 2.05. The van der Waals surface area contributed by atoms with Gasteiger partial charge in [0.2, 0.25) is 0 Å². The van der Waals surface area contributed by atoms with Crippen molar-refractivity contribution in [2.75, 3.05) is 19.0 Å². The molecular weight excluding hydrogens is 212 g/mol. The van der Waals surface area contributed by atoms with Crippen LogP contribution in [0.15, 0.2) is 0 Å². The smallest absolute Gasteiger partial charge is 0.321 e. The molecule has 0 rings (SSSR count). The van der Waals surface area contributed by atoms with Crippen LogP contribution in [0.4, 0.5) is 0 Å². The predicted molar refractivity (Wildman–Crippen MR) is 67.5 cm³/mol. The number of rotatable bonds is 10. The van der Waals surface area contributed by atoms with Gasteiger partial charge < -0.3 is 8.85 Å². The Morgan fingerprint density at radius 3 is 2.00 bits per heavy atom. The average molecular weight is 236 g/mol. The van der Waals surface area contributed by atoms with E-state index in [1.165, 1.54) is 25.7 Å². The van der Waals surface area contributed by atoms with Crippen molar-refractivity contribution in [3.8, 4) is 0 Å². The molecule has 0 aromatic heterocycles. The maximum atomic E-state index is 5.59. The van der Waals surface area contributed by atoms with Gasteiger partial charge in [0.25, 0.3) is 0 Å². The van der Waals surface area contributed by atoms with Crippen LogP contribution in [0.2, 0.25) is 6.04 Å². The van der Waals surface area contributed by atoms with Gasteiger partial charge in [0.05, 0.1) is 0 Å². The Hall–Kier alpha value is 0.487. The van der Waals surface area contributed by atoms with E-state index in [4.69, 9.17) is 8.85 Å². The molecule has 0 fully saturated rings. The van der Waals surface area contributed by atoms with Crippen molar-refractivity contribution < 1.29 is 8.85 Å². The van der Waals surface area contributed by atoms with Crippen molar-refractivity contribution in [3.05, 3.63) is 0 Å². The first-order valence-corrected chi connectivity index (χ1v) is 8.08. The number of unbranched alkanes of at least 4 members (excludes halogenated alkanes) is 3. The van der Waals surface area contributed by atoms with Crippen LogP contribution in [0.25, 0.3) is 0 Å². The lowest BCUT2D eigenvalue weighted by molar-refractivity contribution is 0.212. The fraction of sp³-hybridized carbons (Fsp3) is 1.00. The van der Waals surface area contributed by atoms with Crippen LogP contribution in [0.3, 0.4) is 0 Å². The average Bonchev–Trinajstić information content (AvgIpc) is 2.18. The van der Waals surface area contributed by atoms with Gasteiger partial charge >= 0.3 is 9.28 Å². The summed E-state index contributed by atoms with van der Waals surface area (Å²) in [4.78, 5) is 0. The molecule has 14 heavy (non-hydrogen) atoms. The van der Waals surface area contributed by atoms with E-state index in [9.17, 15) is 0 Å². The topological polar surface area (TPSA) is 18.5 Å². The number of hydrogen-bond donors (Lipinski definition) is 1. The van der Waals surface area contributed by atoms with Gasteiger partial charge in [-0.25, -0.2) is 0 Å². The third-order valence-corrected chi connectivity index (χ3v) is 4.66. The van der Waals surface area contributed by atoms with E-state index in [0.717, 1.165) is 25.0 Å². The van der Waals surface area contributed by atoms with Gasteiger partial charge in [0.1, 0.15) is 0 Å². The molecule has 0 spiro atoms. The molecule has 0 radical (unpaired) electrons. The molecular formula is C10H24O2SSi. The summed E-state index contributed by atoms with van der Waals surface area (Å²) in [5.41, 5.74) is 0. The van der Waals surface area contributed by atoms with Gasteiger partial charge in [0.15, 0.2) is 0 Å². The van der Waals surface area contributed by atoms with E-state index in [1.807, 2.05) is 13.8 Å². The van der Waals surface area contributed by atoms with Crippen molar-refractivity contribution in [1.29, 1.82) is 0 Å². The molecule has 0 amide bonds. The molecule has 0 aromatic rings. The van der Waals surface area contributed by atoms with Gasteiger partial charge in [0, 0.05) is 13.2 Å². The molecule has 2 nitrogen and oxygen atoms in total. The highest BCUT2D eigenvalue weighted by Crippen LogP contribution is 2.08. The van der Waals surface area contributed by atoms with Crippen LogP contribution in [0.1, 0.15) is 39.5 Å². The van der Waals surface area contributed by atoms with Crippen LogP contribution in [0.5, 0.6) is 0 Å². The Morgan fingerprint density at radius 1 is 0.929 bits per heavy atom. The van der Waals surface area contributed by atoms with Crippen molar-refractivity contribution >= 4 is 21.9 Å². The zero-order valence-corrected chi connectivity index (χ0v) is 11.5. The minimum atomic E-state index is -1.30. The summed E-state index contributed by atoms with van der Waals surface area (Å²) < 4.78 is 11.2. The van der Waals surface area contributed by atoms with Gasteiger partial charge in [-0.15, -0.1) is 0 Å². The molecule has 0 aliphatic heterocycles. The summed E-state index contributed by atoms with van der Waals surface area (Å²) in [5.74, 6) is 1.01. The van der Waals surface area contributed by atoms with Crippen LogP contribution in [0, 0.1) is 0 Å². The molecule has 0 aliphatic rings. The van der Waals surface area contributed by atoms with E-state index in [2.05, 4.69) is 12.6 Å². The molecule has 86 valence electrons. The molecule has 0 saturated heterocycles.